The molecule has 4 rings (SSSR count). The van der Waals surface area contributed by atoms with Gasteiger partial charge in [-0.05, 0) is 70.7 Å². The standard InChI is InChI=1S/C32H26N16O8S2/c33-45-41-15-1-5-19(23(49)9-15)29(53)37-27(38-30(54)20-6-2-16(42-46-34)10-24(20)50)13-57-58-14-28(39-31(55)21-7-3-17(43-47-35)11-25(21)51)40-32(56)22-8-4-18(44-48-36)12-26(22)52/h1-12,27-28,49-52H,13-14H2,(H,37,53)(H,38,54)(H,39,55)(H,40,56). The number of azide groups is 4. The number of aromatic hydroxyl groups is 4. The third-order valence-electron chi connectivity index (χ3n) is 7.32. The maximum Gasteiger partial charge on any atom is 0.256 e. The first-order chi connectivity index (χ1) is 27.9. The zero-order valence-electron chi connectivity index (χ0n) is 29.1. The Balaban J connectivity index is 1.55. The number of benzene rings is 4. The van der Waals surface area contributed by atoms with E-state index in [0.29, 0.717) is 0 Å². The van der Waals surface area contributed by atoms with Crippen LogP contribution in [0.5, 0.6) is 23.0 Å². The lowest BCUT2D eigenvalue weighted by molar-refractivity contribution is 0.0872. The van der Waals surface area contributed by atoms with Crippen molar-refractivity contribution in [2.75, 3.05) is 11.5 Å². The summed E-state index contributed by atoms with van der Waals surface area (Å²) in [4.78, 5) is 63.5. The van der Waals surface area contributed by atoms with Gasteiger partial charge in [0, 0.05) is 53.9 Å². The average Bonchev–Trinajstić information content (AvgIpc) is 3.17. The molecule has 8 N–H and O–H groups in total. The van der Waals surface area contributed by atoms with E-state index in [9.17, 15) is 39.6 Å². The quantitative estimate of drug-likeness (QED) is 0.0131. The predicted molar refractivity (Wildman–Crippen MR) is 210 cm³/mol. The third kappa shape index (κ3) is 11.7. The van der Waals surface area contributed by atoms with E-state index >= 15 is 0 Å². The largest absolute Gasteiger partial charge is 0.507 e. The second-order valence-electron chi connectivity index (χ2n) is 11.1. The van der Waals surface area contributed by atoms with Gasteiger partial charge in [-0.1, -0.05) is 66.3 Å². The Hall–Kier alpha value is -8.10. The SMILES string of the molecule is [N-]=[N+]=Nc1ccc(C(=O)NC(CSSCC(NC(=O)c2ccc(N=[N+]=[N-])cc2O)NC(=O)c2ccc(N=[N+]=[N-])cc2O)NC(=O)c2ccc(N=[N+]=[N-])cc2O)c(O)c1. The Morgan fingerprint density at radius 3 is 0.879 bits per heavy atom. The fourth-order valence-corrected chi connectivity index (χ4v) is 6.91. The summed E-state index contributed by atoms with van der Waals surface area (Å²) in [6.45, 7) is 0. The first-order valence-electron chi connectivity index (χ1n) is 15.9. The normalized spacial score (nSPS) is 11.1. The number of hydrogen-bond acceptors (Lipinski definition) is 14. The predicted octanol–water partition coefficient (Wildman–Crippen LogP) is 7.33. The third-order valence-corrected chi connectivity index (χ3v) is 9.74. The summed E-state index contributed by atoms with van der Waals surface area (Å²) >= 11 is 0. The minimum absolute atomic E-state index is 0.0162. The molecule has 0 spiro atoms. The van der Waals surface area contributed by atoms with Crippen molar-refractivity contribution in [2.24, 2.45) is 20.5 Å². The summed E-state index contributed by atoms with van der Waals surface area (Å²) < 4.78 is 0. The minimum atomic E-state index is -1.23. The van der Waals surface area contributed by atoms with Crippen molar-refractivity contribution in [3.8, 4) is 23.0 Å². The van der Waals surface area contributed by atoms with Crippen LogP contribution in [0.3, 0.4) is 0 Å². The van der Waals surface area contributed by atoms with Crippen molar-refractivity contribution in [1.82, 2.24) is 21.3 Å². The van der Waals surface area contributed by atoms with Crippen molar-refractivity contribution < 1.29 is 39.6 Å². The molecule has 0 heterocycles. The summed E-state index contributed by atoms with van der Waals surface area (Å²) in [7, 11) is 2.03. The highest BCUT2D eigenvalue weighted by Crippen LogP contribution is 2.29. The molecule has 24 nitrogen and oxygen atoms in total. The summed E-state index contributed by atoms with van der Waals surface area (Å²) in [5.41, 5.74) is 33.7. The molecule has 0 bridgehead atoms. The van der Waals surface area contributed by atoms with Crippen LogP contribution in [-0.4, -0.2) is 67.9 Å². The summed E-state index contributed by atoms with van der Waals surface area (Å²) in [6, 6.07) is 13.9. The van der Waals surface area contributed by atoms with Crippen LogP contribution in [-0.2, 0) is 0 Å². The van der Waals surface area contributed by atoms with E-state index < -0.39 is 59.0 Å². The van der Waals surface area contributed by atoms with E-state index in [-0.39, 0.29) is 56.5 Å². The molecule has 0 aromatic heterocycles. The van der Waals surface area contributed by atoms with Crippen LogP contribution in [0, 0.1) is 0 Å². The maximum absolute atomic E-state index is 13.2. The number of nitrogens with zero attached hydrogens (tertiary/aromatic N) is 12. The topological polar surface area (TPSA) is 392 Å². The Bertz CT molecular complexity index is 2130. The van der Waals surface area contributed by atoms with Crippen molar-refractivity contribution in [1.29, 1.82) is 0 Å². The maximum atomic E-state index is 13.2. The van der Waals surface area contributed by atoms with E-state index in [4.69, 9.17) is 22.1 Å². The Kier molecular flexibility index (Phi) is 15.1. The molecule has 0 fully saturated rings. The molecule has 294 valence electrons. The van der Waals surface area contributed by atoms with E-state index in [2.05, 4.69) is 61.4 Å². The molecule has 0 radical (unpaired) electrons. The second-order valence-corrected chi connectivity index (χ2v) is 13.7. The fourth-order valence-electron chi connectivity index (χ4n) is 4.72. The lowest BCUT2D eigenvalue weighted by Gasteiger charge is -2.22. The van der Waals surface area contributed by atoms with Crippen molar-refractivity contribution >= 4 is 68.0 Å². The zero-order chi connectivity index (χ0) is 42.2. The van der Waals surface area contributed by atoms with Crippen molar-refractivity contribution in [2.45, 2.75) is 12.3 Å². The average molecular weight is 827 g/mol. The van der Waals surface area contributed by atoms with Gasteiger partial charge in [0.15, 0.2) is 0 Å². The van der Waals surface area contributed by atoms with E-state index in [0.717, 1.165) is 45.9 Å². The lowest BCUT2D eigenvalue weighted by atomic mass is 10.1. The Morgan fingerprint density at radius 1 is 0.466 bits per heavy atom. The smallest absolute Gasteiger partial charge is 0.256 e. The number of nitrogens with one attached hydrogen (secondary N) is 4. The van der Waals surface area contributed by atoms with Gasteiger partial charge in [0.2, 0.25) is 0 Å². The van der Waals surface area contributed by atoms with E-state index in [1.165, 1.54) is 48.5 Å². The van der Waals surface area contributed by atoms with Gasteiger partial charge in [0.05, 0.1) is 22.3 Å². The van der Waals surface area contributed by atoms with Gasteiger partial charge < -0.3 is 41.7 Å². The monoisotopic (exact) mass is 826 g/mol. The highest BCUT2D eigenvalue weighted by Gasteiger charge is 2.24. The molecule has 0 atom stereocenters. The van der Waals surface area contributed by atoms with Gasteiger partial charge in [-0.25, -0.2) is 0 Å². The van der Waals surface area contributed by atoms with Crippen LogP contribution in [0.1, 0.15) is 41.4 Å². The molecule has 0 saturated heterocycles. The van der Waals surface area contributed by atoms with E-state index in [1.54, 1.807) is 0 Å². The number of carbonyl (C=O) groups excluding carboxylic acids is 4. The van der Waals surface area contributed by atoms with Crippen LogP contribution in [0.4, 0.5) is 22.7 Å². The fraction of sp³-hybridized carbons (Fsp3) is 0.125. The van der Waals surface area contributed by atoms with Gasteiger partial charge in [0.25, 0.3) is 23.6 Å². The highest BCUT2D eigenvalue weighted by atomic mass is 33.1. The van der Waals surface area contributed by atoms with Crippen LogP contribution in [0.15, 0.2) is 93.3 Å². The number of amides is 4. The van der Waals surface area contributed by atoms with Gasteiger partial charge in [-0.15, -0.1) is 0 Å². The van der Waals surface area contributed by atoms with Gasteiger partial charge in [-0.2, -0.15) is 0 Å². The number of rotatable bonds is 17. The first-order valence-corrected chi connectivity index (χ1v) is 18.4. The van der Waals surface area contributed by atoms with Crippen LogP contribution in [0.25, 0.3) is 41.8 Å². The molecule has 0 unspecified atom stereocenters. The minimum Gasteiger partial charge on any atom is -0.507 e. The van der Waals surface area contributed by atoms with Crippen molar-refractivity contribution in [3.05, 3.63) is 137 Å². The molecule has 4 aromatic carbocycles. The van der Waals surface area contributed by atoms with Crippen LogP contribution in [0.2, 0.25) is 0 Å². The molecule has 4 aromatic rings. The molecule has 26 heteroatoms. The number of hydrogen-bond donors (Lipinski definition) is 8. The van der Waals surface area contributed by atoms with Gasteiger partial charge in [0.1, 0.15) is 35.3 Å². The second kappa shape index (κ2) is 20.5. The highest BCUT2D eigenvalue weighted by molar-refractivity contribution is 8.76. The molecular formula is C32H26N16O8S2. The van der Waals surface area contributed by atoms with Crippen LogP contribution < -0.4 is 21.3 Å². The number of phenols is 4. The van der Waals surface area contributed by atoms with Gasteiger partial charge >= 0.3 is 0 Å². The molecule has 0 aliphatic carbocycles. The zero-order valence-corrected chi connectivity index (χ0v) is 30.7. The lowest BCUT2D eigenvalue weighted by Crippen LogP contribution is -2.50. The Labute approximate surface area is 332 Å². The van der Waals surface area contributed by atoms with Crippen LogP contribution >= 0.6 is 21.6 Å². The first kappa shape index (κ1) is 42.6. The number of phenolic OH excluding ortho intramolecular Hbond substituents is 4. The Morgan fingerprint density at radius 2 is 0.690 bits per heavy atom. The number of carbonyl (C=O) groups is 4. The molecule has 0 saturated carbocycles. The molecule has 0 aliphatic rings. The molecular weight excluding hydrogens is 801 g/mol. The summed E-state index contributed by atoms with van der Waals surface area (Å²) in [6.07, 6.45) is -2.46. The van der Waals surface area contributed by atoms with Gasteiger partial charge in [-0.3, -0.25) is 19.2 Å². The summed E-state index contributed by atoms with van der Waals surface area (Å²) in [5, 5.41) is 65.3. The molecule has 4 amide bonds. The summed E-state index contributed by atoms with van der Waals surface area (Å²) in [5.74, 6) is -5.96. The molecule has 0 aliphatic heterocycles. The van der Waals surface area contributed by atoms with E-state index in [1.807, 2.05) is 0 Å². The molecule has 58 heavy (non-hydrogen) atoms. The van der Waals surface area contributed by atoms with Crippen molar-refractivity contribution in [3.63, 3.8) is 0 Å².